The van der Waals surface area contributed by atoms with Crippen LogP contribution in [0, 0.1) is 0 Å². The van der Waals surface area contributed by atoms with E-state index in [9.17, 15) is 0 Å². The fourth-order valence-electron chi connectivity index (χ4n) is 0.950. The van der Waals surface area contributed by atoms with Crippen LogP contribution in [-0.4, -0.2) is 16.0 Å². The highest BCUT2D eigenvalue weighted by molar-refractivity contribution is 7.80. The lowest BCUT2D eigenvalue weighted by molar-refractivity contribution is 0.620. The van der Waals surface area contributed by atoms with Crippen molar-refractivity contribution in [3.8, 4) is 0 Å². The van der Waals surface area contributed by atoms with E-state index in [1.54, 1.807) is 4.42 Å². The molecule has 0 bridgehead atoms. The van der Waals surface area contributed by atoms with Crippen LogP contribution in [-0.2, 0) is 0 Å². The number of thiocarbonyl (C=S) groups is 1. The molecule has 0 N–H and O–H groups in total. The van der Waals surface area contributed by atoms with E-state index in [0.29, 0.717) is 0 Å². The molecule has 0 aromatic heterocycles. The molecule has 1 aliphatic rings. The number of halogens is 1. The molecule has 52 valence electrons. The molecule has 0 saturated carbocycles. The molecular weight excluding hydrogens is 154 g/mol. The van der Waals surface area contributed by atoms with Gasteiger partial charge in [-0.15, -0.1) is 0 Å². The number of rotatable bonds is 0. The van der Waals surface area contributed by atoms with Gasteiger partial charge in [0.05, 0.1) is 4.99 Å². The van der Waals surface area contributed by atoms with Crippen LogP contribution in [0.4, 0.5) is 0 Å². The molecule has 1 heterocycles. The lowest BCUT2D eigenvalue weighted by Crippen LogP contribution is -2.17. The van der Waals surface area contributed by atoms with Crippen LogP contribution in [0.2, 0.25) is 0 Å². The van der Waals surface area contributed by atoms with Gasteiger partial charge in [0.2, 0.25) is 0 Å². The standard InChI is InChI=1S/C6H10ClNS/c7-8-5-3-1-2-4-6(8)9/h1-5H2. The highest BCUT2D eigenvalue weighted by Crippen LogP contribution is 2.13. The van der Waals surface area contributed by atoms with Crippen LogP contribution in [0.3, 0.4) is 0 Å². The minimum absolute atomic E-state index is 0.911. The fraction of sp³-hybridized carbons (Fsp3) is 0.833. The van der Waals surface area contributed by atoms with E-state index in [-0.39, 0.29) is 0 Å². The summed E-state index contributed by atoms with van der Waals surface area (Å²) in [6.45, 7) is 0.931. The maximum atomic E-state index is 5.76. The summed E-state index contributed by atoms with van der Waals surface area (Å²) >= 11 is 10.8. The molecule has 0 aromatic rings. The zero-order chi connectivity index (χ0) is 6.69. The first-order valence-corrected chi connectivity index (χ1v) is 4.01. The highest BCUT2D eigenvalue weighted by Gasteiger charge is 2.09. The molecule has 1 saturated heterocycles. The van der Waals surface area contributed by atoms with E-state index in [0.717, 1.165) is 18.0 Å². The second kappa shape index (κ2) is 3.37. The van der Waals surface area contributed by atoms with Gasteiger partial charge in [-0.25, -0.2) is 0 Å². The first-order valence-electron chi connectivity index (χ1n) is 3.27. The monoisotopic (exact) mass is 163 g/mol. The van der Waals surface area contributed by atoms with E-state index in [1.807, 2.05) is 0 Å². The van der Waals surface area contributed by atoms with Crippen molar-refractivity contribution in [3.63, 3.8) is 0 Å². The van der Waals surface area contributed by atoms with Gasteiger partial charge >= 0.3 is 0 Å². The normalized spacial score (nSPS) is 21.9. The third kappa shape index (κ3) is 2.11. The molecule has 0 atom stereocenters. The van der Waals surface area contributed by atoms with Gasteiger partial charge in [-0.1, -0.05) is 18.6 Å². The summed E-state index contributed by atoms with van der Waals surface area (Å²) in [5.41, 5.74) is 0. The summed E-state index contributed by atoms with van der Waals surface area (Å²) in [5.74, 6) is 0. The van der Waals surface area contributed by atoms with E-state index in [4.69, 9.17) is 24.0 Å². The van der Waals surface area contributed by atoms with E-state index >= 15 is 0 Å². The summed E-state index contributed by atoms with van der Waals surface area (Å²) in [6.07, 6.45) is 4.66. The summed E-state index contributed by atoms with van der Waals surface area (Å²) in [5, 5.41) is 0. The first kappa shape index (κ1) is 7.29. The summed E-state index contributed by atoms with van der Waals surface area (Å²) < 4.78 is 1.67. The zero-order valence-electron chi connectivity index (χ0n) is 5.27. The van der Waals surface area contributed by atoms with Crippen molar-refractivity contribution in [1.82, 2.24) is 4.42 Å². The number of nitrogens with zero attached hydrogens (tertiary/aromatic N) is 1. The van der Waals surface area contributed by atoms with Gasteiger partial charge < -0.3 is 0 Å². The van der Waals surface area contributed by atoms with Crippen molar-refractivity contribution >= 4 is 29.0 Å². The predicted molar refractivity (Wildman–Crippen MR) is 43.6 cm³/mol. The van der Waals surface area contributed by atoms with Gasteiger partial charge in [-0.3, -0.25) is 4.42 Å². The van der Waals surface area contributed by atoms with Crippen molar-refractivity contribution < 1.29 is 0 Å². The molecule has 1 aliphatic heterocycles. The van der Waals surface area contributed by atoms with Crippen LogP contribution in [0.25, 0.3) is 0 Å². The van der Waals surface area contributed by atoms with E-state index in [1.165, 1.54) is 19.3 Å². The molecule has 0 unspecified atom stereocenters. The third-order valence-corrected chi connectivity index (χ3v) is 2.41. The van der Waals surface area contributed by atoms with Gasteiger partial charge in [0.15, 0.2) is 0 Å². The molecule has 1 fully saturated rings. The summed E-state index contributed by atoms with van der Waals surface area (Å²) in [6, 6.07) is 0. The Labute approximate surface area is 66.1 Å². The van der Waals surface area contributed by atoms with Crippen LogP contribution >= 0.6 is 24.0 Å². The quantitative estimate of drug-likeness (QED) is 0.399. The van der Waals surface area contributed by atoms with Crippen molar-refractivity contribution in [2.24, 2.45) is 0 Å². The maximum Gasteiger partial charge on any atom is 0.0926 e. The number of hydrogen-bond donors (Lipinski definition) is 0. The van der Waals surface area contributed by atoms with Crippen LogP contribution in [0.1, 0.15) is 25.7 Å². The van der Waals surface area contributed by atoms with Gasteiger partial charge in [0, 0.05) is 18.3 Å². The SMILES string of the molecule is S=C1CCCCCN1Cl. The molecule has 0 aromatic carbocycles. The molecule has 1 nitrogen and oxygen atoms in total. The summed E-state index contributed by atoms with van der Waals surface area (Å²) in [4.78, 5) is 0.911. The Morgan fingerprint density at radius 1 is 1.33 bits per heavy atom. The lowest BCUT2D eigenvalue weighted by Gasteiger charge is -2.11. The van der Waals surface area contributed by atoms with Gasteiger partial charge in [0.25, 0.3) is 0 Å². The average molecular weight is 164 g/mol. The van der Waals surface area contributed by atoms with Crippen molar-refractivity contribution in [1.29, 1.82) is 0 Å². The molecule has 0 radical (unpaired) electrons. The Morgan fingerprint density at radius 2 is 2.11 bits per heavy atom. The Morgan fingerprint density at radius 3 is 2.89 bits per heavy atom. The molecular formula is C6H10ClNS. The lowest BCUT2D eigenvalue weighted by atomic mass is 10.2. The predicted octanol–water partition coefficient (Wildman–Crippen LogP) is 2.34. The Hall–Kier alpha value is 0.180. The molecule has 0 aliphatic carbocycles. The second-order valence-electron chi connectivity index (χ2n) is 2.29. The first-order chi connectivity index (χ1) is 4.30. The Bertz CT molecular complexity index is 116. The highest BCUT2D eigenvalue weighted by atomic mass is 35.5. The van der Waals surface area contributed by atoms with Crippen LogP contribution in [0.5, 0.6) is 0 Å². The number of hydrogen-bond acceptors (Lipinski definition) is 1. The topological polar surface area (TPSA) is 3.24 Å². The minimum atomic E-state index is 0.911. The maximum absolute atomic E-state index is 5.76. The molecule has 3 heteroatoms. The minimum Gasteiger partial charge on any atom is -0.279 e. The van der Waals surface area contributed by atoms with Gasteiger partial charge in [-0.2, -0.15) is 0 Å². The Balaban J connectivity index is 2.41. The van der Waals surface area contributed by atoms with Gasteiger partial charge in [-0.05, 0) is 19.3 Å². The van der Waals surface area contributed by atoms with Gasteiger partial charge in [0.1, 0.15) is 0 Å². The van der Waals surface area contributed by atoms with E-state index in [2.05, 4.69) is 0 Å². The zero-order valence-corrected chi connectivity index (χ0v) is 6.84. The molecule has 0 amide bonds. The molecule has 0 spiro atoms. The van der Waals surface area contributed by atoms with E-state index < -0.39 is 0 Å². The molecule has 1 rings (SSSR count). The third-order valence-electron chi connectivity index (χ3n) is 1.52. The van der Waals surface area contributed by atoms with Crippen molar-refractivity contribution in [3.05, 3.63) is 0 Å². The Kier molecular flexibility index (Phi) is 2.73. The van der Waals surface area contributed by atoms with Crippen molar-refractivity contribution in [2.45, 2.75) is 25.7 Å². The molecule has 9 heavy (non-hydrogen) atoms. The second-order valence-corrected chi connectivity index (χ2v) is 3.17. The fourth-order valence-corrected chi connectivity index (χ4v) is 1.39. The van der Waals surface area contributed by atoms with Crippen molar-refractivity contribution in [2.75, 3.05) is 6.54 Å². The average Bonchev–Trinajstić information content (AvgIpc) is 1.99. The largest absolute Gasteiger partial charge is 0.279 e. The summed E-state index contributed by atoms with van der Waals surface area (Å²) in [7, 11) is 0. The van der Waals surface area contributed by atoms with Crippen LogP contribution < -0.4 is 0 Å². The smallest absolute Gasteiger partial charge is 0.0926 e. The van der Waals surface area contributed by atoms with Crippen LogP contribution in [0.15, 0.2) is 0 Å².